The van der Waals surface area contributed by atoms with E-state index in [2.05, 4.69) is 177 Å². The van der Waals surface area contributed by atoms with E-state index in [1.54, 1.807) is 0 Å². The average molecular weight is 750 g/mol. The van der Waals surface area contributed by atoms with Gasteiger partial charge in [0.2, 0.25) is 0 Å². The highest BCUT2D eigenvalue weighted by Crippen LogP contribution is 2.63. The first kappa shape index (κ1) is 34.3. The summed E-state index contributed by atoms with van der Waals surface area (Å²) in [7, 11) is 0. The Bertz CT molecular complexity index is 2790. The molecule has 0 aliphatic heterocycles. The fourth-order valence-electron chi connectivity index (χ4n) is 10.4. The van der Waals surface area contributed by atoms with Gasteiger partial charge in [-0.3, -0.25) is 4.99 Å². The van der Waals surface area contributed by atoms with E-state index in [0.717, 1.165) is 28.5 Å². The molecule has 0 N–H and O–H groups in total. The number of aliphatic imine (C=N–C) groups is 1. The van der Waals surface area contributed by atoms with Crippen LogP contribution in [-0.2, 0) is 5.41 Å². The van der Waals surface area contributed by atoms with Gasteiger partial charge in [0.25, 0.3) is 0 Å². The molecule has 2 heteroatoms. The van der Waals surface area contributed by atoms with Gasteiger partial charge in [-0.2, -0.15) is 0 Å². The molecule has 1 saturated carbocycles. The second kappa shape index (κ2) is 13.9. The topological polar surface area (TPSA) is 12.4 Å². The molecule has 0 aromatic heterocycles. The van der Waals surface area contributed by atoms with E-state index in [4.69, 9.17) is 4.99 Å². The summed E-state index contributed by atoms with van der Waals surface area (Å²) in [6.07, 6.45) is 6.70. The Balaban J connectivity index is 1.08. The first-order valence-electron chi connectivity index (χ1n) is 20.5. The molecule has 0 amide bonds. The van der Waals surface area contributed by atoms with Crippen LogP contribution in [0.15, 0.2) is 180 Å². The molecule has 0 radical (unpaired) electrons. The SMILES string of the molecule is C=Nc1c(SCC2CCCCC2)cc(-c2ccc3c(c2)C2(c4ccccc4-c4ccccc42)c2ccccc2-3)cc1-c1ccc(-c2cccc3ccccc23)cc1. The number of benzene rings is 8. The van der Waals surface area contributed by atoms with Crippen LogP contribution in [0.1, 0.15) is 54.4 Å². The molecule has 0 unspecified atom stereocenters. The summed E-state index contributed by atoms with van der Waals surface area (Å²) in [5, 5.41) is 2.53. The second-order valence-electron chi connectivity index (χ2n) is 16.1. The zero-order chi connectivity index (χ0) is 37.9. The predicted molar refractivity (Wildman–Crippen MR) is 243 cm³/mol. The molecule has 3 aliphatic carbocycles. The minimum Gasteiger partial charge on any atom is -0.263 e. The van der Waals surface area contributed by atoms with E-state index in [1.165, 1.54) is 115 Å². The van der Waals surface area contributed by atoms with E-state index in [9.17, 15) is 0 Å². The molecule has 1 fully saturated rings. The molecule has 0 atom stereocenters. The Labute approximate surface area is 340 Å². The van der Waals surface area contributed by atoms with Crippen LogP contribution in [0.4, 0.5) is 5.69 Å². The lowest BCUT2D eigenvalue weighted by atomic mass is 9.70. The quantitative estimate of drug-likeness (QED) is 0.117. The maximum atomic E-state index is 4.79. The Hall–Kier alpha value is -5.96. The molecule has 11 rings (SSSR count). The zero-order valence-electron chi connectivity index (χ0n) is 32.0. The summed E-state index contributed by atoms with van der Waals surface area (Å²) >= 11 is 1.98. The summed E-state index contributed by atoms with van der Waals surface area (Å²) in [6, 6.07) is 63.6. The molecule has 8 aromatic carbocycles. The van der Waals surface area contributed by atoms with Crippen LogP contribution >= 0.6 is 11.8 Å². The number of fused-ring (bicyclic) bond motifs is 11. The van der Waals surface area contributed by atoms with Gasteiger partial charge in [-0.25, -0.2) is 0 Å². The van der Waals surface area contributed by atoms with Crippen LogP contribution in [0.25, 0.3) is 66.4 Å². The van der Waals surface area contributed by atoms with Crippen molar-refractivity contribution < 1.29 is 0 Å². The Morgan fingerprint density at radius 1 is 0.474 bits per heavy atom. The third kappa shape index (κ3) is 5.41. The van der Waals surface area contributed by atoms with Gasteiger partial charge in [0.15, 0.2) is 0 Å². The Morgan fingerprint density at radius 3 is 1.68 bits per heavy atom. The van der Waals surface area contributed by atoms with E-state index in [-0.39, 0.29) is 5.41 Å². The average Bonchev–Trinajstić information content (AvgIpc) is 3.75. The third-order valence-electron chi connectivity index (χ3n) is 13.1. The zero-order valence-corrected chi connectivity index (χ0v) is 32.9. The molecule has 0 bridgehead atoms. The van der Waals surface area contributed by atoms with Gasteiger partial charge in [-0.15, -0.1) is 11.8 Å². The van der Waals surface area contributed by atoms with Crippen molar-refractivity contribution in [2.75, 3.05) is 5.75 Å². The number of nitrogens with zero attached hydrogens (tertiary/aromatic N) is 1. The molecule has 0 saturated heterocycles. The molecule has 3 aliphatic rings. The highest BCUT2D eigenvalue weighted by Gasteiger charge is 2.51. The summed E-state index contributed by atoms with van der Waals surface area (Å²) in [5.41, 5.74) is 18.6. The summed E-state index contributed by atoms with van der Waals surface area (Å²) < 4.78 is 0. The van der Waals surface area contributed by atoms with Crippen molar-refractivity contribution in [3.8, 4) is 55.6 Å². The van der Waals surface area contributed by atoms with Crippen molar-refractivity contribution >= 4 is 34.9 Å². The molecule has 1 nitrogen and oxygen atoms in total. The van der Waals surface area contributed by atoms with E-state index >= 15 is 0 Å². The van der Waals surface area contributed by atoms with Gasteiger partial charge in [0.1, 0.15) is 0 Å². The largest absolute Gasteiger partial charge is 0.263 e. The highest BCUT2D eigenvalue weighted by molar-refractivity contribution is 7.99. The fourth-order valence-corrected chi connectivity index (χ4v) is 11.7. The van der Waals surface area contributed by atoms with E-state index in [0.29, 0.717) is 0 Å². The van der Waals surface area contributed by atoms with E-state index < -0.39 is 0 Å². The first-order valence-corrected chi connectivity index (χ1v) is 21.5. The van der Waals surface area contributed by atoms with Crippen molar-refractivity contribution in [1.82, 2.24) is 0 Å². The van der Waals surface area contributed by atoms with Gasteiger partial charge in [0, 0.05) is 16.2 Å². The molecular formula is C55H43NS. The van der Waals surface area contributed by atoms with Crippen molar-refractivity contribution in [3.05, 3.63) is 192 Å². The van der Waals surface area contributed by atoms with Gasteiger partial charge in [-0.1, -0.05) is 171 Å². The van der Waals surface area contributed by atoms with Crippen LogP contribution in [0.3, 0.4) is 0 Å². The summed E-state index contributed by atoms with van der Waals surface area (Å²) in [5.74, 6) is 1.86. The van der Waals surface area contributed by atoms with Crippen LogP contribution in [0.5, 0.6) is 0 Å². The van der Waals surface area contributed by atoms with Crippen LogP contribution in [-0.4, -0.2) is 12.5 Å². The minimum absolute atomic E-state index is 0.378. The summed E-state index contributed by atoms with van der Waals surface area (Å²) in [4.78, 5) is 6.01. The van der Waals surface area contributed by atoms with Crippen LogP contribution in [0.2, 0.25) is 0 Å². The Morgan fingerprint density at radius 2 is 1.02 bits per heavy atom. The van der Waals surface area contributed by atoms with Crippen LogP contribution < -0.4 is 0 Å². The maximum absolute atomic E-state index is 4.79. The second-order valence-corrected chi connectivity index (χ2v) is 17.2. The van der Waals surface area contributed by atoms with Gasteiger partial charge in [-0.05, 0) is 127 Å². The lowest BCUT2D eigenvalue weighted by molar-refractivity contribution is 0.391. The highest BCUT2D eigenvalue weighted by atomic mass is 32.2. The molecule has 8 aromatic rings. The molecular weight excluding hydrogens is 707 g/mol. The molecule has 274 valence electrons. The van der Waals surface area contributed by atoms with Crippen molar-refractivity contribution in [2.24, 2.45) is 10.9 Å². The Kier molecular flexibility index (Phi) is 8.37. The standard InChI is InChI=1S/C55H43NS/c1-56-54-48(39-28-26-38(27-29-39)43-22-13-17-37-16-5-6-18-42(37)43)32-41(34-53(54)57-35-36-14-3-2-4-15-36)40-30-31-47-46-21-9-12-25-51(46)55(52(47)33-40)49-23-10-7-19-44(49)45-20-8-11-24-50(45)55/h5-13,16-34,36H,1-4,14-15,35H2. The minimum atomic E-state index is -0.378. The van der Waals surface area contributed by atoms with Crippen molar-refractivity contribution in [2.45, 2.75) is 42.4 Å². The monoisotopic (exact) mass is 749 g/mol. The number of hydrogen-bond acceptors (Lipinski definition) is 2. The molecule has 57 heavy (non-hydrogen) atoms. The maximum Gasteiger partial charge on any atom is 0.0836 e. The first-order chi connectivity index (χ1) is 28.2. The van der Waals surface area contributed by atoms with Crippen molar-refractivity contribution in [1.29, 1.82) is 0 Å². The summed E-state index contributed by atoms with van der Waals surface area (Å²) in [6.45, 7) is 4.17. The fraction of sp³-hybridized carbons (Fsp3) is 0.145. The number of thioether (sulfide) groups is 1. The molecule has 1 spiro atoms. The third-order valence-corrected chi connectivity index (χ3v) is 14.3. The van der Waals surface area contributed by atoms with E-state index in [1.807, 2.05) is 11.8 Å². The van der Waals surface area contributed by atoms with Gasteiger partial charge < -0.3 is 0 Å². The normalized spacial score (nSPS) is 14.9. The lowest BCUT2D eigenvalue weighted by Crippen LogP contribution is -2.25. The molecule has 0 heterocycles. The number of rotatable bonds is 7. The smallest absolute Gasteiger partial charge is 0.0836 e. The lowest BCUT2D eigenvalue weighted by Gasteiger charge is -2.30. The van der Waals surface area contributed by atoms with Gasteiger partial charge >= 0.3 is 0 Å². The number of hydrogen-bond donors (Lipinski definition) is 0. The van der Waals surface area contributed by atoms with Crippen molar-refractivity contribution in [3.63, 3.8) is 0 Å². The van der Waals surface area contributed by atoms with Gasteiger partial charge in [0.05, 0.1) is 11.1 Å². The predicted octanol–water partition coefficient (Wildman–Crippen LogP) is 15.2. The van der Waals surface area contributed by atoms with Crippen LogP contribution in [0, 0.1) is 5.92 Å².